The summed E-state index contributed by atoms with van der Waals surface area (Å²) in [6, 6.07) is 5.65. The number of pyridine rings is 1. The fourth-order valence-electron chi connectivity index (χ4n) is 1.30. The van der Waals surface area contributed by atoms with Crippen molar-refractivity contribution in [3.8, 4) is 11.3 Å². The quantitative estimate of drug-likeness (QED) is 0.693. The van der Waals surface area contributed by atoms with Crippen LogP contribution < -0.4 is 0 Å². The zero-order valence-corrected chi connectivity index (χ0v) is 9.28. The second kappa shape index (κ2) is 3.95. The fraction of sp³-hybridized carbons (Fsp3) is 0.182. The summed E-state index contributed by atoms with van der Waals surface area (Å²) < 4.78 is 0. The maximum absolute atomic E-state index is 5.86. The van der Waals surface area contributed by atoms with E-state index < -0.39 is 0 Å². The van der Waals surface area contributed by atoms with Gasteiger partial charge in [-0.25, -0.2) is 9.97 Å². The minimum absolute atomic E-state index is 0.457. The number of hydrogen-bond acceptors (Lipinski definition) is 3. The van der Waals surface area contributed by atoms with E-state index >= 15 is 0 Å². The Kier molecular flexibility index (Phi) is 2.64. The normalized spacial score (nSPS) is 10.3. The lowest BCUT2D eigenvalue weighted by Crippen LogP contribution is -1.92. The van der Waals surface area contributed by atoms with E-state index in [0.29, 0.717) is 11.0 Å². The molecule has 0 spiro atoms. The molecule has 0 saturated heterocycles. The SMILES string of the molecule is Cc1ccc(-c2cc(Cl)nc(C)n2)cn1. The first-order valence-electron chi connectivity index (χ1n) is 4.59. The molecule has 2 rings (SSSR count). The number of aryl methyl sites for hydroxylation is 2. The molecular formula is C11H10ClN3. The molecule has 0 fully saturated rings. The fourth-order valence-corrected chi connectivity index (χ4v) is 1.52. The van der Waals surface area contributed by atoms with Gasteiger partial charge in [-0.2, -0.15) is 0 Å². The molecule has 0 radical (unpaired) electrons. The summed E-state index contributed by atoms with van der Waals surface area (Å²) in [5, 5.41) is 0.457. The Morgan fingerprint density at radius 1 is 1.13 bits per heavy atom. The predicted octanol–water partition coefficient (Wildman–Crippen LogP) is 2.81. The van der Waals surface area contributed by atoms with E-state index in [4.69, 9.17) is 11.6 Å². The summed E-state index contributed by atoms with van der Waals surface area (Å²) in [5.74, 6) is 0.665. The van der Waals surface area contributed by atoms with Crippen molar-refractivity contribution in [1.29, 1.82) is 0 Å². The third kappa shape index (κ3) is 2.30. The largest absolute Gasteiger partial charge is 0.261 e. The third-order valence-corrected chi connectivity index (χ3v) is 2.21. The zero-order chi connectivity index (χ0) is 10.8. The van der Waals surface area contributed by atoms with Gasteiger partial charge in [0.1, 0.15) is 11.0 Å². The molecule has 15 heavy (non-hydrogen) atoms. The van der Waals surface area contributed by atoms with Gasteiger partial charge < -0.3 is 0 Å². The van der Waals surface area contributed by atoms with E-state index in [1.807, 2.05) is 26.0 Å². The molecule has 3 nitrogen and oxygen atoms in total. The summed E-state index contributed by atoms with van der Waals surface area (Å²) in [6.45, 7) is 3.76. The van der Waals surface area contributed by atoms with Crippen LogP contribution in [0.15, 0.2) is 24.4 Å². The van der Waals surface area contributed by atoms with E-state index in [1.165, 1.54) is 0 Å². The first kappa shape index (κ1) is 10.1. The van der Waals surface area contributed by atoms with Gasteiger partial charge in [-0.1, -0.05) is 11.6 Å². The van der Waals surface area contributed by atoms with Crippen molar-refractivity contribution in [2.75, 3.05) is 0 Å². The van der Waals surface area contributed by atoms with Crippen molar-refractivity contribution in [3.05, 3.63) is 41.1 Å². The van der Waals surface area contributed by atoms with Crippen LogP contribution in [-0.2, 0) is 0 Å². The van der Waals surface area contributed by atoms with E-state index in [-0.39, 0.29) is 0 Å². The molecule has 0 aliphatic heterocycles. The van der Waals surface area contributed by atoms with Crippen molar-refractivity contribution in [2.45, 2.75) is 13.8 Å². The molecule has 0 atom stereocenters. The highest BCUT2D eigenvalue weighted by molar-refractivity contribution is 6.29. The predicted molar refractivity (Wildman–Crippen MR) is 59.7 cm³/mol. The van der Waals surface area contributed by atoms with E-state index in [0.717, 1.165) is 17.0 Å². The molecule has 2 aromatic rings. The van der Waals surface area contributed by atoms with Crippen LogP contribution in [0.4, 0.5) is 0 Å². The standard InChI is InChI=1S/C11H10ClN3/c1-7-3-4-9(6-13-7)10-5-11(12)15-8(2)14-10/h3-6H,1-2H3. The maximum Gasteiger partial charge on any atom is 0.133 e. The van der Waals surface area contributed by atoms with Crippen molar-refractivity contribution < 1.29 is 0 Å². The van der Waals surface area contributed by atoms with Crippen molar-refractivity contribution >= 4 is 11.6 Å². The average molecular weight is 220 g/mol. The lowest BCUT2D eigenvalue weighted by atomic mass is 10.2. The van der Waals surface area contributed by atoms with Gasteiger partial charge in [0.15, 0.2) is 0 Å². The van der Waals surface area contributed by atoms with Gasteiger partial charge in [0.2, 0.25) is 0 Å². The van der Waals surface area contributed by atoms with Crippen LogP contribution in [0.3, 0.4) is 0 Å². The minimum atomic E-state index is 0.457. The lowest BCUT2D eigenvalue weighted by molar-refractivity contribution is 1.05. The first-order valence-corrected chi connectivity index (χ1v) is 4.97. The second-order valence-corrected chi connectivity index (χ2v) is 3.70. The zero-order valence-electron chi connectivity index (χ0n) is 8.53. The minimum Gasteiger partial charge on any atom is -0.261 e. The van der Waals surface area contributed by atoms with Crippen LogP contribution in [0.2, 0.25) is 5.15 Å². The maximum atomic E-state index is 5.86. The average Bonchev–Trinajstić information content (AvgIpc) is 2.17. The van der Waals surface area contributed by atoms with E-state index in [2.05, 4.69) is 15.0 Å². The molecule has 2 heterocycles. The molecule has 0 aromatic carbocycles. The van der Waals surface area contributed by atoms with E-state index in [1.54, 1.807) is 12.3 Å². The van der Waals surface area contributed by atoms with Crippen molar-refractivity contribution in [3.63, 3.8) is 0 Å². The van der Waals surface area contributed by atoms with E-state index in [9.17, 15) is 0 Å². The number of rotatable bonds is 1. The van der Waals surface area contributed by atoms with Crippen LogP contribution >= 0.6 is 11.6 Å². The number of nitrogens with zero attached hydrogens (tertiary/aromatic N) is 3. The number of aromatic nitrogens is 3. The Morgan fingerprint density at radius 2 is 1.93 bits per heavy atom. The molecule has 0 saturated carbocycles. The molecule has 0 unspecified atom stereocenters. The molecular weight excluding hydrogens is 210 g/mol. The Bertz CT molecular complexity index is 459. The molecule has 0 bridgehead atoms. The van der Waals surface area contributed by atoms with Gasteiger partial charge in [-0.05, 0) is 26.0 Å². The van der Waals surface area contributed by atoms with Gasteiger partial charge in [0.25, 0.3) is 0 Å². The molecule has 0 aliphatic carbocycles. The Labute approximate surface area is 93.2 Å². The monoisotopic (exact) mass is 219 g/mol. The summed E-state index contributed by atoms with van der Waals surface area (Å²) in [5.41, 5.74) is 2.74. The van der Waals surface area contributed by atoms with Gasteiger partial charge in [0, 0.05) is 23.5 Å². The highest BCUT2D eigenvalue weighted by Gasteiger charge is 2.02. The Balaban J connectivity index is 2.49. The van der Waals surface area contributed by atoms with Gasteiger partial charge in [-0.15, -0.1) is 0 Å². The highest BCUT2D eigenvalue weighted by atomic mass is 35.5. The topological polar surface area (TPSA) is 38.7 Å². The van der Waals surface area contributed by atoms with Crippen LogP contribution in [0.5, 0.6) is 0 Å². The third-order valence-electron chi connectivity index (χ3n) is 2.01. The second-order valence-electron chi connectivity index (χ2n) is 3.31. The van der Waals surface area contributed by atoms with Crippen molar-refractivity contribution in [2.24, 2.45) is 0 Å². The highest BCUT2D eigenvalue weighted by Crippen LogP contribution is 2.18. The number of hydrogen-bond donors (Lipinski definition) is 0. The summed E-state index contributed by atoms with van der Waals surface area (Å²) in [4.78, 5) is 12.5. The molecule has 76 valence electrons. The smallest absolute Gasteiger partial charge is 0.133 e. The van der Waals surface area contributed by atoms with Crippen LogP contribution in [0.1, 0.15) is 11.5 Å². The van der Waals surface area contributed by atoms with Gasteiger partial charge in [-0.3, -0.25) is 4.98 Å². The Hall–Kier alpha value is -1.48. The summed E-state index contributed by atoms with van der Waals surface area (Å²) >= 11 is 5.86. The number of halogens is 1. The first-order chi connectivity index (χ1) is 7.15. The Morgan fingerprint density at radius 3 is 2.53 bits per heavy atom. The molecule has 0 aliphatic rings. The van der Waals surface area contributed by atoms with Crippen LogP contribution in [0.25, 0.3) is 11.3 Å². The summed E-state index contributed by atoms with van der Waals surface area (Å²) in [6.07, 6.45) is 1.79. The molecule has 0 N–H and O–H groups in total. The lowest BCUT2D eigenvalue weighted by Gasteiger charge is -2.02. The van der Waals surface area contributed by atoms with Crippen molar-refractivity contribution in [1.82, 2.24) is 15.0 Å². The summed E-state index contributed by atoms with van der Waals surface area (Å²) in [7, 11) is 0. The molecule has 2 aromatic heterocycles. The van der Waals surface area contributed by atoms with Crippen LogP contribution in [-0.4, -0.2) is 15.0 Å². The molecule has 4 heteroatoms. The van der Waals surface area contributed by atoms with Gasteiger partial charge in [0.05, 0.1) is 5.69 Å². The van der Waals surface area contributed by atoms with Gasteiger partial charge >= 0.3 is 0 Å². The molecule has 0 amide bonds. The van der Waals surface area contributed by atoms with Crippen LogP contribution in [0, 0.1) is 13.8 Å².